The Balaban J connectivity index is 1.49. The monoisotopic (exact) mass is 424 g/mol. The lowest BCUT2D eigenvalue weighted by Crippen LogP contribution is -2.42. The summed E-state index contributed by atoms with van der Waals surface area (Å²) in [5, 5.41) is 4.74. The normalized spacial score (nSPS) is 14.7. The Morgan fingerprint density at radius 3 is 2.62 bits per heavy atom. The molecule has 2 aromatic rings. The van der Waals surface area contributed by atoms with Crippen LogP contribution >= 0.6 is 11.3 Å². The highest BCUT2D eigenvalue weighted by Crippen LogP contribution is 2.29. The minimum atomic E-state index is -2.94. The summed E-state index contributed by atoms with van der Waals surface area (Å²) in [4.78, 5) is 27.3. The molecule has 3 rings (SSSR count). The standard InChI is InChI=1S/C20H22F2N2O4S/c1-27-16-11-13(4-5-15(16)28-20(21)22)12-23-18(25)14-6-8-24(9-7-14)19(26)17-3-2-10-29-17/h2-5,10-11,14,20H,6-9,12H2,1H3,(H,23,25). The van der Waals surface area contributed by atoms with E-state index in [1.54, 1.807) is 23.1 Å². The summed E-state index contributed by atoms with van der Waals surface area (Å²) in [7, 11) is 1.36. The van der Waals surface area contributed by atoms with Crippen LogP contribution in [0.4, 0.5) is 8.78 Å². The summed E-state index contributed by atoms with van der Waals surface area (Å²) in [5.41, 5.74) is 0.710. The van der Waals surface area contributed by atoms with E-state index in [9.17, 15) is 18.4 Å². The molecule has 2 heterocycles. The van der Waals surface area contributed by atoms with Gasteiger partial charge in [-0.05, 0) is 42.0 Å². The number of benzene rings is 1. The highest BCUT2D eigenvalue weighted by Gasteiger charge is 2.28. The molecule has 0 radical (unpaired) electrons. The Bertz CT molecular complexity index is 837. The molecule has 0 spiro atoms. The molecule has 0 bridgehead atoms. The maximum absolute atomic E-state index is 12.5. The number of ether oxygens (including phenoxy) is 2. The maximum Gasteiger partial charge on any atom is 0.387 e. The van der Waals surface area contributed by atoms with Crippen molar-refractivity contribution in [1.82, 2.24) is 10.2 Å². The number of likely N-dealkylation sites (tertiary alicyclic amines) is 1. The molecule has 0 atom stereocenters. The van der Waals surface area contributed by atoms with Crippen molar-refractivity contribution in [2.45, 2.75) is 26.0 Å². The predicted molar refractivity (Wildman–Crippen MR) is 104 cm³/mol. The van der Waals surface area contributed by atoms with Crippen LogP contribution in [0.15, 0.2) is 35.7 Å². The number of piperidine rings is 1. The summed E-state index contributed by atoms with van der Waals surface area (Å²) in [6.07, 6.45) is 1.21. The summed E-state index contributed by atoms with van der Waals surface area (Å²) in [6, 6.07) is 8.20. The molecule has 0 aliphatic carbocycles. The number of halogens is 2. The zero-order valence-corrected chi connectivity index (χ0v) is 16.7. The van der Waals surface area contributed by atoms with Gasteiger partial charge in [-0.1, -0.05) is 12.1 Å². The van der Waals surface area contributed by atoms with Gasteiger partial charge in [-0.2, -0.15) is 8.78 Å². The molecule has 1 aromatic carbocycles. The number of amides is 2. The lowest BCUT2D eigenvalue weighted by molar-refractivity contribution is -0.126. The number of nitrogens with zero attached hydrogens (tertiary/aromatic N) is 1. The van der Waals surface area contributed by atoms with Gasteiger partial charge in [-0.25, -0.2) is 0 Å². The second kappa shape index (κ2) is 9.69. The first-order chi connectivity index (χ1) is 14.0. The first-order valence-corrected chi connectivity index (χ1v) is 10.1. The van der Waals surface area contributed by atoms with Crippen molar-refractivity contribution in [3.05, 3.63) is 46.2 Å². The number of rotatable bonds is 7. The molecule has 0 saturated carbocycles. The maximum atomic E-state index is 12.5. The SMILES string of the molecule is COc1cc(CNC(=O)C2CCN(C(=O)c3cccs3)CC2)ccc1OC(F)F. The highest BCUT2D eigenvalue weighted by molar-refractivity contribution is 7.12. The van der Waals surface area contributed by atoms with Gasteiger partial charge in [0, 0.05) is 25.6 Å². The van der Waals surface area contributed by atoms with Gasteiger partial charge in [0.1, 0.15) is 0 Å². The minimum Gasteiger partial charge on any atom is -0.493 e. The van der Waals surface area contributed by atoms with Gasteiger partial charge in [0.25, 0.3) is 5.91 Å². The van der Waals surface area contributed by atoms with Gasteiger partial charge in [-0.3, -0.25) is 9.59 Å². The van der Waals surface area contributed by atoms with E-state index in [1.165, 1.54) is 24.5 Å². The van der Waals surface area contributed by atoms with Crippen molar-refractivity contribution in [2.24, 2.45) is 5.92 Å². The van der Waals surface area contributed by atoms with E-state index in [1.807, 2.05) is 11.4 Å². The van der Waals surface area contributed by atoms with Gasteiger partial charge in [-0.15, -0.1) is 11.3 Å². The second-order valence-corrected chi connectivity index (χ2v) is 7.57. The number of carbonyl (C=O) groups excluding carboxylic acids is 2. The Morgan fingerprint density at radius 2 is 2.00 bits per heavy atom. The molecule has 1 saturated heterocycles. The van der Waals surface area contributed by atoms with Crippen LogP contribution in [0.1, 0.15) is 28.1 Å². The summed E-state index contributed by atoms with van der Waals surface area (Å²) in [6.45, 7) is -1.60. The zero-order valence-electron chi connectivity index (χ0n) is 15.9. The van der Waals surface area contributed by atoms with E-state index in [0.29, 0.717) is 36.4 Å². The van der Waals surface area contributed by atoms with E-state index < -0.39 is 6.61 Å². The molecule has 1 aliphatic heterocycles. The lowest BCUT2D eigenvalue weighted by atomic mass is 9.95. The van der Waals surface area contributed by atoms with E-state index in [4.69, 9.17) is 4.74 Å². The third kappa shape index (κ3) is 5.44. The second-order valence-electron chi connectivity index (χ2n) is 6.63. The van der Waals surface area contributed by atoms with Crippen LogP contribution < -0.4 is 14.8 Å². The van der Waals surface area contributed by atoms with E-state index in [0.717, 1.165) is 0 Å². The average Bonchev–Trinajstić information content (AvgIpc) is 3.27. The van der Waals surface area contributed by atoms with Crippen LogP contribution in [-0.4, -0.2) is 43.5 Å². The van der Waals surface area contributed by atoms with Crippen molar-refractivity contribution in [2.75, 3.05) is 20.2 Å². The molecule has 6 nitrogen and oxygen atoms in total. The van der Waals surface area contributed by atoms with Crippen molar-refractivity contribution in [3.8, 4) is 11.5 Å². The molecule has 1 N–H and O–H groups in total. The van der Waals surface area contributed by atoms with Crippen molar-refractivity contribution in [1.29, 1.82) is 0 Å². The molecular formula is C20H22F2N2O4S. The minimum absolute atomic E-state index is 0.0112. The van der Waals surface area contributed by atoms with Gasteiger partial charge in [0.15, 0.2) is 11.5 Å². The number of methoxy groups -OCH3 is 1. The van der Waals surface area contributed by atoms with Gasteiger partial charge in [0.05, 0.1) is 12.0 Å². The number of alkyl halides is 2. The summed E-state index contributed by atoms with van der Waals surface area (Å²) < 4.78 is 34.2. The van der Waals surface area contributed by atoms with Crippen molar-refractivity contribution >= 4 is 23.2 Å². The van der Waals surface area contributed by atoms with Crippen LogP contribution in [0.2, 0.25) is 0 Å². The van der Waals surface area contributed by atoms with E-state index in [-0.39, 0.29) is 35.8 Å². The number of thiophene rings is 1. The molecule has 1 aliphatic rings. The Labute approximate surface area is 171 Å². The third-order valence-corrected chi connectivity index (χ3v) is 5.65. The molecular weight excluding hydrogens is 402 g/mol. The molecule has 1 aromatic heterocycles. The number of hydrogen-bond acceptors (Lipinski definition) is 5. The summed E-state index contributed by atoms with van der Waals surface area (Å²) in [5.74, 6) is -0.110. The van der Waals surface area contributed by atoms with Crippen LogP contribution in [0.3, 0.4) is 0 Å². The highest BCUT2D eigenvalue weighted by atomic mass is 32.1. The molecule has 1 fully saturated rings. The van der Waals surface area contributed by atoms with Crippen LogP contribution in [0, 0.1) is 5.92 Å². The molecule has 9 heteroatoms. The Hall–Kier alpha value is -2.68. The third-order valence-electron chi connectivity index (χ3n) is 4.80. The van der Waals surface area contributed by atoms with Crippen LogP contribution in [-0.2, 0) is 11.3 Å². The molecule has 2 amide bonds. The largest absolute Gasteiger partial charge is 0.493 e. The topological polar surface area (TPSA) is 67.9 Å². The first-order valence-electron chi connectivity index (χ1n) is 9.20. The first kappa shape index (κ1) is 21.0. The van der Waals surface area contributed by atoms with Crippen molar-refractivity contribution < 1.29 is 27.8 Å². The molecule has 156 valence electrons. The van der Waals surface area contributed by atoms with E-state index >= 15 is 0 Å². The lowest BCUT2D eigenvalue weighted by Gasteiger charge is -2.31. The number of nitrogens with one attached hydrogen (secondary N) is 1. The molecule has 29 heavy (non-hydrogen) atoms. The molecule has 0 unspecified atom stereocenters. The van der Waals surface area contributed by atoms with Gasteiger partial charge >= 0.3 is 6.61 Å². The van der Waals surface area contributed by atoms with Gasteiger partial charge in [0.2, 0.25) is 5.91 Å². The fraction of sp³-hybridized carbons (Fsp3) is 0.400. The smallest absolute Gasteiger partial charge is 0.387 e. The number of carbonyl (C=O) groups is 2. The summed E-state index contributed by atoms with van der Waals surface area (Å²) >= 11 is 1.41. The van der Waals surface area contributed by atoms with E-state index in [2.05, 4.69) is 10.1 Å². The van der Waals surface area contributed by atoms with Crippen LogP contribution in [0.25, 0.3) is 0 Å². The average molecular weight is 424 g/mol. The fourth-order valence-corrected chi connectivity index (χ4v) is 3.94. The van der Waals surface area contributed by atoms with Gasteiger partial charge < -0.3 is 19.7 Å². The van der Waals surface area contributed by atoms with Crippen molar-refractivity contribution in [3.63, 3.8) is 0 Å². The Kier molecular flexibility index (Phi) is 7.03. The van der Waals surface area contributed by atoms with Crippen LogP contribution in [0.5, 0.6) is 11.5 Å². The quantitative estimate of drug-likeness (QED) is 0.739. The fourth-order valence-electron chi connectivity index (χ4n) is 3.25. The zero-order chi connectivity index (χ0) is 20.8. The predicted octanol–water partition coefficient (Wildman–Crippen LogP) is 3.53. The Morgan fingerprint density at radius 1 is 1.24 bits per heavy atom. The number of hydrogen-bond donors (Lipinski definition) is 1.